The van der Waals surface area contributed by atoms with E-state index in [1.165, 1.54) is 25.7 Å². The van der Waals surface area contributed by atoms with Gasteiger partial charge in [-0.1, -0.05) is 12.8 Å². The standard InChI is InChI=1S/C10H18N2O/c1-7-6-11-10(13)9(12-7)8-4-2-3-5-8/h7-9,12H,2-6H2,1H3,(H,11,13). The largest absolute Gasteiger partial charge is 0.353 e. The molecule has 1 aliphatic heterocycles. The second-order valence-corrected chi connectivity index (χ2v) is 4.34. The predicted molar refractivity (Wildman–Crippen MR) is 51.4 cm³/mol. The van der Waals surface area contributed by atoms with Crippen molar-refractivity contribution in [1.29, 1.82) is 0 Å². The van der Waals surface area contributed by atoms with Gasteiger partial charge in [0.25, 0.3) is 0 Å². The highest BCUT2D eigenvalue weighted by Crippen LogP contribution is 2.28. The van der Waals surface area contributed by atoms with E-state index in [2.05, 4.69) is 17.6 Å². The molecule has 74 valence electrons. The number of hydrogen-bond acceptors (Lipinski definition) is 2. The van der Waals surface area contributed by atoms with Gasteiger partial charge >= 0.3 is 0 Å². The molecule has 13 heavy (non-hydrogen) atoms. The Kier molecular flexibility index (Phi) is 2.54. The Hall–Kier alpha value is -0.570. The molecule has 0 aromatic heterocycles. The van der Waals surface area contributed by atoms with Crippen molar-refractivity contribution in [2.75, 3.05) is 6.54 Å². The lowest BCUT2D eigenvalue weighted by Crippen LogP contribution is -2.59. The van der Waals surface area contributed by atoms with Crippen LogP contribution in [-0.4, -0.2) is 24.5 Å². The lowest BCUT2D eigenvalue weighted by atomic mass is 9.95. The van der Waals surface area contributed by atoms with Gasteiger partial charge in [0.2, 0.25) is 5.91 Å². The summed E-state index contributed by atoms with van der Waals surface area (Å²) in [4.78, 5) is 11.6. The quantitative estimate of drug-likeness (QED) is 0.625. The third-order valence-electron chi connectivity index (χ3n) is 3.20. The summed E-state index contributed by atoms with van der Waals surface area (Å²) in [7, 11) is 0. The van der Waals surface area contributed by atoms with Gasteiger partial charge in [-0.05, 0) is 25.7 Å². The predicted octanol–water partition coefficient (Wildman–Crippen LogP) is 0.653. The van der Waals surface area contributed by atoms with Gasteiger partial charge in [0.05, 0.1) is 6.04 Å². The third-order valence-corrected chi connectivity index (χ3v) is 3.20. The highest BCUT2D eigenvalue weighted by molar-refractivity contribution is 5.83. The maximum absolute atomic E-state index is 11.6. The third kappa shape index (κ3) is 1.85. The van der Waals surface area contributed by atoms with Gasteiger partial charge in [0.1, 0.15) is 0 Å². The molecule has 2 aliphatic rings. The van der Waals surface area contributed by atoms with E-state index >= 15 is 0 Å². The Morgan fingerprint density at radius 2 is 2.00 bits per heavy atom. The lowest BCUT2D eigenvalue weighted by molar-refractivity contribution is -0.126. The van der Waals surface area contributed by atoms with Crippen LogP contribution in [0.4, 0.5) is 0 Å². The first kappa shape index (κ1) is 9.00. The Labute approximate surface area is 79.3 Å². The topological polar surface area (TPSA) is 41.1 Å². The fraction of sp³-hybridized carbons (Fsp3) is 0.900. The lowest BCUT2D eigenvalue weighted by Gasteiger charge is -2.32. The van der Waals surface area contributed by atoms with Crippen molar-refractivity contribution in [3.63, 3.8) is 0 Å². The van der Waals surface area contributed by atoms with E-state index in [4.69, 9.17) is 0 Å². The van der Waals surface area contributed by atoms with Crippen LogP contribution in [0.3, 0.4) is 0 Å². The van der Waals surface area contributed by atoms with E-state index in [-0.39, 0.29) is 11.9 Å². The van der Waals surface area contributed by atoms with Crippen LogP contribution in [0.25, 0.3) is 0 Å². The van der Waals surface area contributed by atoms with Crippen LogP contribution in [0.15, 0.2) is 0 Å². The minimum atomic E-state index is 0.0891. The van der Waals surface area contributed by atoms with E-state index in [0.29, 0.717) is 12.0 Å². The highest BCUT2D eigenvalue weighted by atomic mass is 16.2. The molecule has 1 saturated heterocycles. The molecule has 2 fully saturated rings. The van der Waals surface area contributed by atoms with Crippen LogP contribution < -0.4 is 10.6 Å². The molecule has 2 rings (SSSR count). The molecular weight excluding hydrogens is 164 g/mol. The zero-order valence-electron chi connectivity index (χ0n) is 8.18. The second-order valence-electron chi connectivity index (χ2n) is 4.34. The Bertz CT molecular complexity index is 199. The number of nitrogens with one attached hydrogen (secondary N) is 2. The minimum absolute atomic E-state index is 0.0891. The molecule has 1 saturated carbocycles. The van der Waals surface area contributed by atoms with Crippen LogP contribution in [0.1, 0.15) is 32.6 Å². The molecule has 2 atom stereocenters. The van der Waals surface area contributed by atoms with Crippen molar-refractivity contribution in [3.05, 3.63) is 0 Å². The Morgan fingerprint density at radius 1 is 1.31 bits per heavy atom. The average molecular weight is 182 g/mol. The molecule has 3 nitrogen and oxygen atoms in total. The van der Waals surface area contributed by atoms with E-state index in [1.807, 2.05) is 0 Å². The minimum Gasteiger partial charge on any atom is -0.353 e. The first-order valence-electron chi connectivity index (χ1n) is 5.31. The molecule has 3 heteroatoms. The summed E-state index contributed by atoms with van der Waals surface area (Å²) in [6, 6.07) is 0.523. The Balaban J connectivity index is 1.98. The van der Waals surface area contributed by atoms with Gasteiger partial charge in [0, 0.05) is 12.6 Å². The average Bonchev–Trinajstić information content (AvgIpc) is 2.61. The van der Waals surface area contributed by atoms with Gasteiger partial charge in [-0.3, -0.25) is 4.79 Å². The maximum Gasteiger partial charge on any atom is 0.237 e. The van der Waals surface area contributed by atoms with Crippen molar-refractivity contribution in [2.45, 2.75) is 44.7 Å². The van der Waals surface area contributed by atoms with Crippen LogP contribution in [0, 0.1) is 5.92 Å². The molecular formula is C10H18N2O. The fourth-order valence-corrected chi connectivity index (χ4v) is 2.45. The molecule has 0 radical (unpaired) electrons. The smallest absolute Gasteiger partial charge is 0.237 e. The molecule has 2 N–H and O–H groups in total. The van der Waals surface area contributed by atoms with Crippen LogP contribution >= 0.6 is 0 Å². The Morgan fingerprint density at radius 3 is 2.69 bits per heavy atom. The summed E-state index contributed by atoms with van der Waals surface area (Å²) in [6.45, 7) is 2.91. The summed E-state index contributed by atoms with van der Waals surface area (Å²) < 4.78 is 0. The number of piperazine rings is 1. The number of amides is 1. The normalized spacial score (nSPS) is 36.2. The van der Waals surface area contributed by atoms with Gasteiger partial charge in [-0.25, -0.2) is 0 Å². The van der Waals surface area contributed by atoms with E-state index in [0.717, 1.165) is 6.54 Å². The van der Waals surface area contributed by atoms with Gasteiger partial charge < -0.3 is 10.6 Å². The van der Waals surface area contributed by atoms with Crippen molar-refractivity contribution >= 4 is 5.91 Å². The monoisotopic (exact) mass is 182 g/mol. The fourth-order valence-electron chi connectivity index (χ4n) is 2.45. The van der Waals surface area contributed by atoms with Crippen molar-refractivity contribution in [1.82, 2.24) is 10.6 Å². The van der Waals surface area contributed by atoms with E-state index < -0.39 is 0 Å². The van der Waals surface area contributed by atoms with E-state index in [1.54, 1.807) is 0 Å². The summed E-state index contributed by atoms with van der Waals surface area (Å²) in [6.07, 6.45) is 5.03. The van der Waals surface area contributed by atoms with E-state index in [9.17, 15) is 4.79 Å². The van der Waals surface area contributed by atoms with Gasteiger partial charge in [0.15, 0.2) is 0 Å². The summed E-state index contributed by atoms with van der Waals surface area (Å²) in [5.41, 5.74) is 0. The van der Waals surface area contributed by atoms with Gasteiger partial charge in [-0.2, -0.15) is 0 Å². The zero-order valence-corrected chi connectivity index (χ0v) is 8.18. The number of hydrogen-bond donors (Lipinski definition) is 2. The maximum atomic E-state index is 11.6. The van der Waals surface area contributed by atoms with Crippen LogP contribution in [-0.2, 0) is 4.79 Å². The van der Waals surface area contributed by atoms with Crippen molar-refractivity contribution in [2.24, 2.45) is 5.92 Å². The second kappa shape index (κ2) is 3.66. The number of carbonyl (C=O) groups excluding carboxylic acids is 1. The SMILES string of the molecule is CC1CNC(=O)C(C2CCCC2)N1. The number of carbonyl (C=O) groups is 1. The first-order valence-corrected chi connectivity index (χ1v) is 5.31. The summed E-state index contributed by atoms with van der Waals surface area (Å²) >= 11 is 0. The van der Waals surface area contributed by atoms with Gasteiger partial charge in [-0.15, -0.1) is 0 Å². The van der Waals surface area contributed by atoms with Crippen molar-refractivity contribution in [3.8, 4) is 0 Å². The molecule has 1 heterocycles. The molecule has 1 amide bonds. The summed E-state index contributed by atoms with van der Waals surface area (Å²) in [5.74, 6) is 0.799. The zero-order chi connectivity index (χ0) is 9.26. The molecule has 0 aromatic rings. The van der Waals surface area contributed by atoms with Crippen LogP contribution in [0.5, 0.6) is 0 Å². The molecule has 1 aliphatic carbocycles. The molecule has 2 unspecified atom stereocenters. The van der Waals surface area contributed by atoms with Crippen LogP contribution in [0.2, 0.25) is 0 Å². The first-order chi connectivity index (χ1) is 6.27. The molecule has 0 bridgehead atoms. The molecule has 0 spiro atoms. The number of rotatable bonds is 1. The highest BCUT2D eigenvalue weighted by Gasteiger charge is 2.33. The van der Waals surface area contributed by atoms with Crippen molar-refractivity contribution < 1.29 is 4.79 Å². The summed E-state index contributed by atoms with van der Waals surface area (Å²) in [5, 5.41) is 6.35. The molecule has 0 aromatic carbocycles.